The third-order valence-electron chi connectivity index (χ3n) is 4.74. The van der Waals surface area contributed by atoms with Gasteiger partial charge in [-0.3, -0.25) is 14.9 Å². The number of likely N-dealkylation sites (tertiary alicyclic amines) is 1. The van der Waals surface area contributed by atoms with Crippen molar-refractivity contribution in [3.8, 4) is 0 Å². The zero-order valence-corrected chi connectivity index (χ0v) is 19.0. The molecule has 1 aromatic carbocycles. The summed E-state index contributed by atoms with van der Waals surface area (Å²) in [6.07, 6.45) is 1.13. The summed E-state index contributed by atoms with van der Waals surface area (Å²) in [6.45, 7) is 4.11. The molecule has 7 nitrogen and oxygen atoms in total. The molecular weight excluding hydrogens is 424 g/mol. The van der Waals surface area contributed by atoms with Crippen LogP contribution in [0.1, 0.15) is 26.7 Å². The molecule has 0 radical (unpaired) electrons. The molecule has 1 aliphatic heterocycles. The fraction of sp³-hybridized carbons (Fsp3) is 0.571. The number of nitrogens with zero attached hydrogens (tertiary/aromatic N) is 1. The van der Waals surface area contributed by atoms with Crippen LogP contribution in [0.4, 0.5) is 0 Å². The number of carbonyl (C=O) groups excluding carboxylic acids is 2. The maximum absolute atomic E-state index is 12.7. The van der Waals surface area contributed by atoms with Crippen LogP contribution in [0.15, 0.2) is 35.2 Å². The fourth-order valence-electron chi connectivity index (χ4n) is 3.27. The van der Waals surface area contributed by atoms with Crippen molar-refractivity contribution in [1.29, 1.82) is 0 Å². The van der Waals surface area contributed by atoms with Crippen LogP contribution >= 0.6 is 23.5 Å². The van der Waals surface area contributed by atoms with E-state index in [0.717, 1.165) is 11.5 Å². The Morgan fingerprint density at radius 2 is 2.00 bits per heavy atom. The second-order valence-electron chi connectivity index (χ2n) is 6.96. The minimum absolute atomic E-state index is 0.265. The van der Waals surface area contributed by atoms with E-state index in [9.17, 15) is 19.5 Å². The van der Waals surface area contributed by atoms with Gasteiger partial charge in [-0.2, -0.15) is 11.8 Å². The third kappa shape index (κ3) is 7.52. The SMILES string of the molecule is CCOC(=O)[C@H](CSCCSc1ccccc1)N[C@@H](C)C(=O)N1CCC[C@H]1C(=O)O. The summed E-state index contributed by atoms with van der Waals surface area (Å²) in [5, 5.41) is 12.4. The van der Waals surface area contributed by atoms with Gasteiger partial charge in [-0.05, 0) is 38.8 Å². The van der Waals surface area contributed by atoms with E-state index in [0.29, 0.717) is 25.1 Å². The number of hydrogen-bond acceptors (Lipinski definition) is 7. The Morgan fingerprint density at radius 1 is 1.27 bits per heavy atom. The molecule has 1 amide bonds. The Bertz CT molecular complexity index is 704. The molecule has 0 spiro atoms. The maximum Gasteiger partial charge on any atom is 0.326 e. The molecule has 30 heavy (non-hydrogen) atoms. The molecule has 2 N–H and O–H groups in total. The van der Waals surface area contributed by atoms with Gasteiger partial charge < -0.3 is 14.7 Å². The summed E-state index contributed by atoms with van der Waals surface area (Å²) in [4.78, 5) is 39.1. The average Bonchev–Trinajstić information content (AvgIpc) is 3.23. The van der Waals surface area contributed by atoms with Gasteiger partial charge in [0.25, 0.3) is 0 Å². The fourth-order valence-corrected chi connectivity index (χ4v) is 5.30. The molecule has 1 aliphatic rings. The highest BCUT2D eigenvalue weighted by atomic mass is 32.2. The molecule has 166 valence electrons. The summed E-state index contributed by atoms with van der Waals surface area (Å²) in [6, 6.07) is 8.04. The van der Waals surface area contributed by atoms with Crippen molar-refractivity contribution in [3.05, 3.63) is 30.3 Å². The summed E-state index contributed by atoms with van der Waals surface area (Å²) in [5.74, 6) is 0.574. The first-order valence-electron chi connectivity index (χ1n) is 10.2. The van der Waals surface area contributed by atoms with Crippen molar-refractivity contribution in [3.63, 3.8) is 0 Å². The number of esters is 1. The van der Waals surface area contributed by atoms with E-state index in [1.54, 1.807) is 37.4 Å². The number of carboxylic acids is 1. The highest BCUT2D eigenvalue weighted by Crippen LogP contribution is 2.20. The van der Waals surface area contributed by atoms with Gasteiger partial charge in [-0.25, -0.2) is 4.79 Å². The second-order valence-corrected chi connectivity index (χ2v) is 9.28. The molecule has 2 rings (SSSR count). The van der Waals surface area contributed by atoms with E-state index in [1.165, 1.54) is 9.80 Å². The normalized spacial score (nSPS) is 18.1. The van der Waals surface area contributed by atoms with Crippen LogP contribution in [0.25, 0.3) is 0 Å². The van der Waals surface area contributed by atoms with Crippen LogP contribution in [0, 0.1) is 0 Å². The quantitative estimate of drug-likeness (QED) is 0.283. The molecule has 1 aromatic rings. The second kappa shape index (κ2) is 12.9. The first kappa shape index (κ1) is 24.6. The largest absolute Gasteiger partial charge is 0.480 e. The molecule has 1 heterocycles. The highest BCUT2D eigenvalue weighted by molar-refractivity contribution is 8.03. The summed E-state index contributed by atoms with van der Waals surface area (Å²) in [5.41, 5.74) is 0. The van der Waals surface area contributed by atoms with E-state index < -0.39 is 30.1 Å². The van der Waals surface area contributed by atoms with E-state index in [4.69, 9.17) is 4.74 Å². The zero-order chi connectivity index (χ0) is 21.9. The number of amides is 1. The molecule has 3 atom stereocenters. The standard InChI is InChI=1S/C21H30N2O5S2/c1-3-28-21(27)17(14-29-12-13-30-16-8-5-4-6-9-16)22-15(2)19(24)23-11-7-10-18(23)20(25)26/h4-6,8-9,15,17-18,22H,3,7,10-14H2,1-2H3,(H,25,26)/t15-,17-,18-/m0/s1. The molecular formula is C21H30N2O5S2. The number of carboxylic acid groups (broad SMARTS) is 1. The monoisotopic (exact) mass is 454 g/mol. The van der Waals surface area contributed by atoms with Gasteiger partial charge in [0, 0.05) is 28.7 Å². The van der Waals surface area contributed by atoms with Crippen molar-refractivity contribution >= 4 is 41.4 Å². The van der Waals surface area contributed by atoms with Crippen LogP contribution in [0.2, 0.25) is 0 Å². The van der Waals surface area contributed by atoms with Crippen molar-refractivity contribution in [2.45, 2.75) is 49.7 Å². The molecule has 0 aliphatic carbocycles. The van der Waals surface area contributed by atoms with Gasteiger partial charge in [0.15, 0.2) is 0 Å². The van der Waals surface area contributed by atoms with Crippen LogP contribution in [0.3, 0.4) is 0 Å². The number of thioether (sulfide) groups is 2. The Kier molecular flexibility index (Phi) is 10.5. The Labute approximate surface area is 186 Å². The van der Waals surface area contributed by atoms with Crippen molar-refractivity contribution in [1.82, 2.24) is 10.2 Å². The predicted octanol–water partition coefficient (Wildman–Crippen LogP) is 2.50. The minimum atomic E-state index is -0.985. The minimum Gasteiger partial charge on any atom is -0.480 e. The van der Waals surface area contributed by atoms with E-state index >= 15 is 0 Å². The van der Waals surface area contributed by atoms with Gasteiger partial charge in [0.1, 0.15) is 12.1 Å². The number of carbonyl (C=O) groups is 3. The molecule has 9 heteroatoms. The number of aliphatic carboxylic acids is 1. The van der Waals surface area contributed by atoms with Crippen LogP contribution in [0.5, 0.6) is 0 Å². The first-order chi connectivity index (χ1) is 14.4. The Balaban J connectivity index is 1.85. The van der Waals surface area contributed by atoms with E-state index in [1.807, 2.05) is 18.2 Å². The lowest BCUT2D eigenvalue weighted by Gasteiger charge is -2.27. The van der Waals surface area contributed by atoms with Gasteiger partial charge in [-0.15, -0.1) is 11.8 Å². The average molecular weight is 455 g/mol. The van der Waals surface area contributed by atoms with Gasteiger partial charge in [0.05, 0.1) is 12.6 Å². The van der Waals surface area contributed by atoms with Crippen molar-refractivity contribution in [2.75, 3.05) is 30.4 Å². The van der Waals surface area contributed by atoms with Gasteiger partial charge >= 0.3 is 11.9 Å². The molecule has 1 saturated heterocycles. The lowest BCUT2D eigenvalue weighted by molar-refractivity contribution is -0.150. The number of rotatable bonds is 12. The summed E-state index contributed by atoms with van der Waals surface area (Å²) in [7, 11) is 0. The highest BCUT2D eigenvalue weighted by Gasteiger charge is 2.37. The molecule has 0 aromatic heterocycles. The lowest BCUT2D eigenvalue weighted by atomic mass is 10.2. The van der Waals surface area contributed by atoms with Crippen molar-refractivity contribution < 1.29 is 24.2 Å². The van der Waals surface area contributed by atoms with E-state index in [2.05, 4.69) is 17.4 Å². The van der Waals surface area contributed by atoms with Gasteiger partial charge in [0.2, 0.25) is 5.91 Å². The lowest BCUT2D eigenvalue weighted by Crippen LogP contribution is -2.54. The molecule has 0 unspecified atom stereocenters. The number of nitrogens with one attached hydrogen (secondary N) is 1. The molecule has 0 saturated carbocycles. The van der Waals surface area contributed by atoms with Crippen LogP contribution < -0.4 is 5.32 Å². The smallest absolute Gasteiger partial charge is 0.326 e. The maximum atomic E-state index is 12.7. The summed E-state index contributed by atoms with van der Waals surface area (Å²) >= 11 is 3.38. The van der Waals surface area contributed by atoms with E-state index in [-0.39, 0.29) is 12.5 Å². The van der Waals surface area contributed by atoms with Gasteiger partial charge in [-0.1, -0.05) is 18.2 Å². The zero-order valence-electron chi connectivity index (χ0n) is 17.4. The molecule has 1 fully saturated rings. The predicted molar refractivity (Wildman–Crippen MR) is 120 cm³/mol. The Morgan fingerprint density at radius 3 is 2.67 bits per heavy atom. The Hall–Kier alpha value is -1.71. The number of hydrogen-bond donors (Lipinski definition) is 2. The number of benzene rings is 1. The number of ether oxygens (including phenoxy) is 1. The van der Waals surface area contributed by atoms with Crippen LogP contribution in [-0.4, -0.2) is 76.4 Å². The molecule has 0 bridgehead atoms. The summed E-state index contributed by atoms with van der Waals surface area (Å²) < 4.78 is 5.16. The third-order valence-corrected chi connectivity index (χ3v) is 7.07. The van der Waals surface area contributed by atoms with Crippen LogP contribution in [-0.2, 0) is 19.1 Å². The topological polar surface area (TPSA) is 95.9 Å². The first-order valence-corrected chi connectivity index (χ1v) is 12.3. The van der Waals surface area contributed by atoms with Crippen molar-refractivity contribution in [2.24, 2.45) is 0 Å².